The Morgan fingerprint density at radius 3 is 2.94 bits per heavy atom. The number of nitrogens with zero attached hydrogens (tertiary/aromatic N) is 1. The van der Waals surface area contributed by atoms with Crippen LogP contribution in [0.5, 0.6) is 5.75 Å². The highest BCUT2D eigenvalue weighted by Gasteiger charge is 2.24. The quantitative estimate of drug-likeness (QED) is 0.834. The van der Waals surface area contributed by atoms with Gasteiger partial charge in [-0.3, -0.25) is 4.31 Å². The van der Waals surface area contributed by atoms with Crippen molar-refractivity contribution in [3.8, 4) is 5.75 Å². The van der Waals surface area contributed by atoms with Crippen LogP contribution in [0.4, 0.5) is 5.69 Å². The highest BCUT2D eigenvalue weighted by atomic mass is 32.2. The number of anilines is 1. The summed E-state index contributed by atoms with van der Waals surface area (Å²) in [5, 5.41) is 3.08. The van der Waals surface area contributed by atoms with Crippen molar-refractivity contribution >= 4 is 15.7 Å². The van der Waals surface area contributed by atoms with Gasteiger partial charge in [-0.2, -0.15) is 0 Å². The Hall–Kier alpha value is -1.27. The van der Waals surface area contributed by atoms with Gasteiger partial charge < -0.3 is 10.1 Å². The molecule has 1 N–H and O–H groups in total. The molecule has 1 saturated heterocycles. The summed E-state index contributed by atoms with van der Waals surface area (Å²) in [4.78, 5) is 0. The number of sulfonamides is 1. The van der Waals surface area contributed by atoms with Gasteiger partial charge in [-0.25, -0.2) is 8.42 Å². The van der Waals surface area contributed by atoms with E-state index in [0.29, 0.717) is 31.1 Å². The number of ether oxygens (including phenoxy) is 1. The van der Waals surface area contributed by atoms with Crippen LogP contribution in [-0.4, -0.2) is 40.9 Å². The van der Waals surface area contributed by atoms with Gasteiger partial charge >= 0.3 is 0 Å². The van der Waals surface area contributed by atoms with Crippen molar-refractivity contribution in [2.24, 2.45) is 0 Å². The average molecular weight is 256 g/mol. The van der Waals surface area contributed by atoms with Crippen LogP contribution in [0, 0.1) is 0 Å². The maximum Gasteiger partial charge on any atom is 0.236 e. The summed E-state index contributed by atoms with van der Waals surface area (Å²) in [6, 6.07) is 7.11. The van der Waals surface area contributed by atoms with Crippen molar-refractivity contribution in [2.45, 2.75) is 0 Å². The lowest BCUT2D eigenvalue weighted by Crippen LogP contribution is -2.33. The first-order valence-corrected chi connectivity index (χ1v) is 7.09. The number of hydrogen-bond acceptors (Lipinski definition) is 4. The third-order valence-corrected chi connectivity index (χ3v) is 4.49. The lowest BCUT2D eigenvalue weighted by molar-refractivity contribution is 0.415. The van der Waals surface area contributed by atoms with Crippen molar-refractivity contribution in [3.63, 3.8) is 0 Å². The van der Waals surface area contributed by atoms with Gasteiger partial charge in [0.05, 0.1) is 18.6 Å². The van der Waals surface area contributed by atoms with E-state index in [0.717, 1.165) is 0 Å². The standard InChI is InChI=1S/C11H16N2O3S/c1-16-11-4-2-3-10(9-11)13-7-5-12-6-8-17(13,14)15/h2-4,9,12H,5-8H2,1H3. The minimum atomic E-state index is -3.22. The van der Waals surface area contributed by atoms with Gasteiger partial charge in [0.15, 0.2) is 0 Å². The maximum atomic E-state index is 12.0. The average Bonchev–Trinajstić information content (AvgIpc) is 2.50. The van der Waals surface area contributed by atoms with Crippen molar-refractivity contribution in [3.05, 3.63) is 24.3 Å². The van der Waals surface area contributed by atoms with E-state index in [1.54, 1.807) is 31.4 Å². The first kappa shape index (κ1) is 12.2. The lowest BCUT2D eigenvalue weighted by Gasteiger charge is -2.22. The highest BCUT2D eigenvalue weighted by Crippen LogP contribution is 2.23. The minimum Gasteiger partial charge on any atom is -0.497 e. The van der Waals surface area contributed by atoms with Crippen molar-refractivity contribution < 1.29 is 13.2 Å². The van der Waals surface area contributed by atoms with Crippen LogP contribution in [0.3, 0.4) is 0 Å². The second-order valence-electron chi connectivity index (χ2n) is 3.84. The van der Waals surface area contributed by atoms with E-state index in [-0.39, 0.29) is 5.75 Å². The molecule has 1 aromatic rings. The van der Waals surface area contributed by atoms with Crippen LogP contribution in [0.25, 0.3) is 0 Å². The predicted octanol–water partition coefficient (Wildman–Crippen LogP) is 0.435. The number of hydrogen-bond donors (Lipinski definition) is 1. The molecular weight excluding hydrogens is 240 g/mol. The molecule has 6 heteroatoms. The molecule has 0 aliphatic carbocycles. The summed E-state index contributed by atoms with van der Waals surface area (Å²) in [6.07, 6.45) is 0. The van der Waals surface area contributed by atoms with Crippen LogP contribution in [0.15, 0.2) is 24.3 Å². The lowest BCUT2D eigenvalue weighted by atomic mass is 10.3. The second-order valence-corrected chi connectivity index (χ2v) is 5.85. The molecular formula is C11H16N2O3S. The molecule has 5 nitrogen and oxygen atoms in total. The molecule has 0 aromatic heterocycles. The predicted molar refractivity (Wildman–Crippen MR) is 67.0 cm³/mol. The van der Waals surface area contributed by atoms with E-state index in [9.17, 15) is 8.42 Å². The minimum absolute atomic E-state index is 0.129. The summed E-state index contributed by atoms with van der Waals surface area (Å²) in [5.41, 5.74) is 0.660. The van der Waals surface area contributed by atoms with E-state index < -0.39 is 10.0 Å². The smallest absolute Gasteiger partial charge is 0.236 e. The Balaban J connectivity index is 2.35. The summed E-state index contributed by atoms with van der Waals surface area (Å²) >= 11 is 0. The SMILES string of the molecule is COc1cccc(N2CCNCCS2(=O)=O)c1. The van der Waals surface area contributed by atoms with Crippen LogP contribution < -0.4 is 14.4 Å². The van der Waals surface area contributed by atoms with Gasteiger partial charge in [-0.15, -0.1) is 0 Å². The largest absolute Gasteiger partial charge is 0.497 e. The van der Waals surface area contributed by atoms with E-state index in [2.05, 4.69) is 5.32 Å². The molecule has 0 saturated carbocycles. The van der Waals surface area contributed by atoms with Gasteiger partial charge in [0.2, 0.25) is 10.0 Å². The molecule has 1 aliphatic heterocycles. The van der Waals surface area contributed by atoms with E-state index in [4.69, 9.17) is 4.74 Å². The van der Waals surface area contributed by atoms with Crippen LogP contribution in [0.2, 0.25) is 0 Å². The molecule has 0 unspecified atom stereocenters. The molecule has 0 radical (unpaired) electrons. The molecule has 1 aliphatic rings. The highest BCUT2D eigenvalue weighted by molar-refractivity contribution is 7.92. The second kappa shape index (κ2) is 4.93. The molecule has 1 aromatic carbocycles. The summed E-state index contributed by atoms with van der Waals surface area (Å²) in [5.74, 6) is 0.791. The first-order chi connectivity index (χ1) is 8.13. The molecule has 0 bridgehead atoms. The Morgan fingerprint density at radius 2 is 2.18 bits per heavy atom. The molecule has 0 amide bonds. The number of rotatable bonds is 2. The van der Waals surface area contributed by atoms with Gasteiger partial charge in [0, 0.05) is 25.7 Å². The van der Waals surface area contributed by atoms with Crippen LogP contribution in [0.1, 0.15) is 0 Å². The molecule has 17 heavy (non-hydrogen) atoms. The number of methoxy groups -OCH3 is 1. The number of nitrogens with one attached hydrogen (secondary N) is 1. The first-order valence-electron chi connectivity index (χ1n) is 5.49. The molecule has 94 valence electrons. The maximum absolute atomic E-state index is 12.0. The Kier molecular flexibility index (Phi) is 3.54. The van der Waals surface area contributed by atoms with Gasteiger partial charge in [0.1, 0.15) is 5.75 Å². The molecule has 2 rings (SSSR count). The monoisotopic (exact) mass is 256 g/mol. The third-order valence-electron chi connectivity index (χ3n) is 2.71. The number of benzene rings is 1. The molecule has 1 fully saturated rings. The van der Waals surface area contributed by atoms with Crippen molar-refractivity contribution in [1.29, 1.82) is 0 Å². The zero-order valence-electron chi connectivity index (χ0n) is 9.72. The van der Waals surface area contributed by atoms with Gasteiger partial charge in [-0.1, -0.05) is 6.07 Å². The molecule has 0 atom stereocenters. The van der Waals surface area contributed by atoms with Crippen molar-refractivity contribution in [1.82, 2.24) is 5.32 Å². The Bertz CT molecular complexity index is 487. The fourth-order valence-corrected chi connectivity index (χ4v) is 3.24. The fourth-order valence-electron chi connectivity index (χ4n) is 1.81. The molecule has 0 spiro atoms. The Labute approximate surface area is 101 Å². The fraction of sp³-hybridized carbons (Fsp3) is 0.455. The zero-order valence-corrected chi connectivity index (χ0v) is 10.5. The summed E-state index contributed by atoms with van der Waals surface area (Å²) in [7, 11) is -1.66. The van der Waals surface area contributed by atoms with E-state index >= 15 is 0 Å². The van der Waals surface area contributed by atoms with Gasteiger partial charge in [-0.05, 0) is 12.1 Å². The summed E-state index contributed by atoms with van der Waals surface area (Å²) < 4.78 is 30.6. The van der Waals surface area contributed by atoms with Crippen LogP contribution >= 0.6 is 0 Å². The van der Waals surface area contributed by atoms with Crippen molar-refractivity contribution in [2.75, 3.05) is 36.8 Å². The van der Waals surface area contributed by atoms with E-state index in [1.807, 2.05) is 0 Å². The van der Waals surface area contributed by atoms with Crippen LogP contribution in [-0.2, 0) is 10.0 Å². The molecule has 1 heterocycles. The van der Waals surface area contributed by atoms with Gasteiger partial charge in [0.25, 0.3) is 0 Å². The Morgan fingerprint density at radius 1 is 1.35 bits per heavy atom. The summed E-state index contributed by atoms with van der Waals surface area (Å²) in [6.45, 7) is 1.62. The van der Waals surface area contributed by atoms with E-state index in [1.165, 1.54) is 4.31 Å². The third kappa shape index (κ3) is 2.70. The normalized spacial score (nSPS) is 19.7. The zero-order chi connectivity index (χ0) is 12.3. The topological polar surface area (TPSA) is 58.6 Å².